The van der Waals surface area contributed by atoms with E-state index in [0.29, 0.717) is 5.92 Å². The summed E-state index contributed by atoms with van der Waals surface area (Å²) in [6.07, 6.45) is 4.88. The van der Waals surface area contributed by atoms with E-state index < -0.39 is 0 Å². The van der Waals surface area contributed by atoms with Gasteiger partial charge in [0.1, 0.15) is 0 Å². The van der Waals surface area contributed by atoms with Crippen LogP contribution in [0.4, 0.5) is 0 Å². The topological polar surface area (TPSA) is 0 Å². The van der Waals surface area contributed by atoms with Gasteiger partial charge in [-0.05, 0) is 29.6 Å². The molecule has 0 aliphatic heterocycles. The van der Waals surface area contributed by atoms with Crippen molar-refractivity contribution in [2.45, 2.75) is 19.8 Å². The molecule has 2 radical (unpaired) electrons. The molecule has 0 aromatic carbocycles. The average Bonchev–Trinajstić information content (AvgIpc) is 1.68. The molecule has 44 valence electrons. The largest absolute Gasteiger partial charge is 0.0577 e. The lowest BCUT2D eigenvalue weighted by atomic mass is 10.1. The predicted molar refractivity (Wildman–Crippen MR) is 39.6 cm³/mol. The third kappa shape index (κ3) is 4.04. The van der Waals surface area contributed by atoms with Crippen molar-refractivity contribution in [3.05, 3.63) is 13.0 Å². The van der Waals surface area contributed by atoms with Crippen LogP contribution in [0.1, 0.15) is 19.8 Å². The van der Waals surface area contributed by atoms with Crippen LogP contribution >= 0.6 is 12.2 Å². The molecule has 0 aromatic rings. The van der Waals surface area contributed by atoms with Gasteiger partial charge < -0.3 is 0 Å². The second kappa shape index (κ2) is 5.02. The van der Waals surface area contributed by atoms with Crippen LogP contribution in [-0.2, 0) is 0 Å². The van der Waals surface area contributed by atoms with Gasteiger partial charge in [0.05, 0.1) is 0 Å². The molecular formula is C7H10S. The maximum Gasteiger partial charge on any atom is 0.0204 e. The van der Waals surface area contributed by atoms with E-state index in [9.17, 15) is 0 Å². The van der Waals surface area contributed by atoms with Gasteiger partial charge in [0.2, 0.25) is 0 Å². The fraction of sp³-hybridized carbons (Fsp3) is 0.571. The van der Waals surface area contributed by atoms with Crippen molar-refractivity contribution in [1.82, 2.24) is 0 Å². The van der Waals surface area contributed by atoms with E-state index in [1.165, 1.54) is 0 Å². The second-order valence-corrected chi connectivity index (χ2v) is 1.99. The van der Waals surface area contributed by atoms with Crippen LogP contribution in [0.3, 0.4) is 0 Å². The summed E-state index contributed by atoms with van der Waals surface area (Å²) in [4.78, 5) is 0. The summed E-state index contributed by atoms with van der Waals surface area (Å²) in [5.74, 6) is 0.435. The van der Waals surface area contributed by atoms with E-state index in [-0.39, 0.29) is 0 Å². The van der Waals surface area contributed by atoms with E-state index in [0.717, 1.165) is 12.8 Å². The van der Waals surface area contributed by atoms with Crippen molar-refractivity contribution >= 4 is 17.2 Å². The predicted octanol–water partition coefficient (Wildman–Crippen LogP) is 2.19. The molecule has 1 atom stereocenters. The van der Waals surface area contributed by atoms with Crippen molar-refractivity contribution in [2.24, 2.45) is 5.92 Å². The third-order valence-electron chi connectivity index (χ3n) is 0.942. The van der Waals surface area contributed by atoms with E-state index in [1.807, 2.05) is 0 Å². The zero-order valence-electron chi connectivity index (χ0n) is 5.11. The van der Waals surface area contributed by atoms with Gasteiger partial charge in [0.25, 0.3) is 0 Å². The molecule has 0 bridgehead atoms. The first kappa shape index (κ1) is 7.87. The minimum Gasteiger partial charge on any atom is -0.0577 e. The molecular weight excluding hydrogens is 116 g/mol. The highest BCUT2D eigenvalue weighted by molar-refractivity contribution is 7.78. The molecule has 0 amide bonds. The Morgan fingerprint density at radius 3 is 2.75 bits per heavy atom. The molecule has 1 heteroatoms. The first-order valence-electron chi connectivity index (χ1n) is 2.73. The van der Waals surface area contributed by atoms with Crippen molar-refractivity contribution in [3.8, 4) is 0 Å². The number of thiocarbonyl (C=S) groups is 1. The van der Waals surface area contributed by atoms with E-state index in [1.54, 1.807) is 0 Å². The molecule has 0 saturated heterocycles. The average molecular weight is 126 g/mol. The zero-order valence-corrected chi connectivity index (χ0v) is 5.92. The highest BCUT2D eigenvalue weighted by atomic mass is 32.1. The summed E-state index contributed by atoms with van der Waals surface area (Å²) in [6, 6.07) is 0. The third-order valence-corrected chi connectivity index (χ3v) is 1.06. The van der Waals surface area contributed by atoms with Crippen molar-refractivity contribution < 1.29 is 0 Å². The maximum absolute atomic E-state index is 4.46. The Labute approximate surface area is 56.6 Å². The zero-order chi connectivity index (χ0) is 6.41. The second-order valence-electron chi connectivity index (χ2n) is 1.79. The molecule has 0 aliphatic rings. The van der Waals surface area contributed by atoms with Gasteiger partial charge in [-0.1, -0.05) is 20.3 Å². The first-order chi connectivity index (χ1) is 3.81. The molecule has 0 rings (SSSR count). The Kier molecular flexibility index (Phi) is 4.93. The number of hydrogen-bond donors (Lipinski definition) is 0. The summed E-state index contributed by atoms with van der Waals surface area (Å²) in [5, 5.41) is 2.46. The van der Waals surface area contributed by atoms with Crippen LogP contribution in [-0.4, -0.2) is 5.02 Å². The van der Waals surface area contributed by atoms with E-state index in [2.05, 4.69) is 37.2 Å². The lowest BCUT2D eigenvalue weighted by Crippen LogP contribution is -1.87. The van der Waals surface area contributed by atoms with Gasteiger partial charge in [0, 0.05) is 6.08 Å². The Morgan fingerprint density at radius 2 is 2.38 bits per heavy atom. The summed E-state index contributed by atoms with van der Waals surface area (Å²) < 4.78 is 0. The van der Waals surface area contributed by atoms with Crippen molar-refractivity contribution in [2.75, 3.05) is 0 Å². The van der Waals surface area contributed by atoms with Gasteiger partial charge >= 0.3 is 0 Å². The van der Waals surface area contributed by atoms with Gasteiger partial charge in [-0.3, -0.25) is 0 Å². The smallest absolute Gasteiger partial charge is 0.0204 e. The molecule has 0 N–H and O–H groups in total. The van der Waals surface area contributed by atoms with Crippen molar-refractivity contribution in [1.29, 1.82) is 0 Å². The highest BCUT2D eigenvalue weighted by Crippen LogP contribution is 2.02. The molecule has 0 spiro atoms. The normalized spacial score (nSPS) is 12.2. The molecule has 0 aromatic heterocycles. The quantitative estimate of drug-likeness (QED) is 0.522. The summed E-state index contributed by atoms with van der Waals surface area (Å²) in [7, 11) is 0. The van der Waals surface area contributed by atoms with Gasteiger partial charge in [-0.2, -0.15) is 0 Å². The Hall–Kier alpha value is -0.130. The monoisotopic (exact) mass is 126 g/mol. The Morgan fingerprint density at radius 1 is 1.75 bits per heavy atom. The van der Waals surface area contributed by atoms with Crippen LogP contribution in [0.2, 0.25) is 0 Å². The number of rotatable bonds is 3. The lowest BCUT2D eigenvalue weighted by Gasteiger charge is -1.96. The van der Waals surface area contributed by atoms with Gasteiger partial charge in [0.15, 0.2) is 0 Å². The number of hydrogen-bond acceptors (Lipinski definition) is 1. The van der Waals surface area contributed by atoms with E-state index in [4.69, 9.17) is 0 Å². The molecule has 0 fully saturated rings. The summed E-state index contributed by atoms with van der Waals surface area (Å²) in [5.41, 5.74) is 0. The minimum absolute atomic E-state index is 0.435. The van der Waals surface area contributed by atoms with Crippen LogP contribution in [0, 0.1) is 18.9 Å². The lowest BCUT2D eigenvalue weighted by molar-refractivity contribution is 0.645. The minimum atomic E-state index is 0.435. The first-order valence-corrected chi connectivity index (χ1v) is 3.14. The Balaban J connectivity index is 3.31. The van der Waals surface area contributed by atoms with Crippen LogP contribution in [0.15, 0.2) is 0 Å². The molecule has 8 heavy (non-hydrogen) atoms. The fourth-order valence-corrected chi connectivity index (χ4v) is 0.680. The Bertz CT molecular complexity index is 90.6. The van der Waals surface area contributed by atoms with Crippen LogP contribution in [0.5, 0.6) is 0 Å². The summed E-state index contributed by atoms with van der Waals surface area (Å²) in [6.45, 7) is 5.77. The molecule has 0 aliphatic carbocycles. The van der Waals surface area contributed by atoms with E-state index >= 15 is 0 Å². The molecule has 0 heterocycles. The molecule has 1 unspecified atom stereocenters. The van der Waals surface area contributed by atoms with Crippen molar-refractivity contribution in [3.63, 3.8) is 0 Å². The number of allylic oxidation sites excluding steroid dienone is 1. The fourth-order valence-electron chi connectivity index (χ4n) is 0.479. The molecule has 0 nitrogen and oxygen atoms in total. The highest BCUT2D eigenvalue weighted by Gasteiger charge is 1.91. The molecule has 0 saturated carbocycles. The maximum atomic E-state index is 4.46. The van der Waals surface area contributed by atoms with Crippen LogP contribution < -0.4 is 0 Å². The van der Waals surface area contributed by atoms with Gasteiger partial charge in [-0.25, -0.2) is 0 Å². The standard InChI is InChI=1S/C7H10S/c1-3-4-7(2)5-6-8/h7H,1,3-4H2,2H3. The van der Waals surface area contributed by atoms with Crippen LogP contribution in [0.25, 0.3) is 0 Å². The SMILES string of the molecule is [CH2]CCC(C)[C]=C=S. The summed E-state index contributed by atoms with van der Waals surface area (Å²) >= 11 is 4.46. The van der Waals surface area contributed by atoms with Gasteiger partial charge in [-0.15, -0.1) is 0 Å².